The van der Waals surface area contributed by atoms with Gasteiger partial charge in [-0.2, -0.15) is 0 Å². The van der Waals surface area contributed by atoms with Gasteiger partial charge in [-0.05, 0) is 128 Å². The molecule has 0 amide bonds. The summed E-state index contributed by atoms with van der Waals surface area (Å²) in [5.74, 6) is 0. The molecule has 0 heterocycles. The number of hydrogen-bond donors (Lipinski definition) is 0. The smallest absolute Gasteiger partial charge is 0.0923 e. The Hall–Kier alpha value is -5.60. The van der Waals surface area contributed by atoms with Crippen LogP contribution in [0.1, 0.15) is 123 Å². The van der Waals surface area contributed by atoms with Gasteiger partial charge in [0.15, 0.2) is 0 Å². The molecular weight excluding hydrogens is 725 g/mol. The Morgan fingerprint density at radius 3 is 1.03 bits per heavy atom. The molecule has 0 bridgehead atoms. The topological polar surface area (TPSA) is 6.48 Å². The molecule has 0 saturated heterocycles. The molecule has 1 aliphatic rings. The van der Waals surface area contributed by atoms with Gasteiger partial charge in [-0.25, -0.2) is 0 Å². The van der Waals surface area contributed by atoms with Gasteiger partial charge < -0.3 is 9.80 Å². The summed E-state index contributed by atoms with van der Waals surface area (Å²) in [5, 5.41) is 0. The summed E-state index contributed by atoms with van der Waals surface area (Å²) in [6, 6.07) is 56.8. The Kier molecular flexibility index (Phi) is 11.4. The summed E-state index contributed by atoms with van der Waals surface area (Å²) in [5.41, 5.74) is 14.6. The average Bonchev–Trinajstić information content (AvgIpc) is 3.21. The van der Waals surface area contributed by atoms with Crippen molar-refractivity contribution in [1.82, 2.24) is 0 Å². The molecule has 60 heavy (non-hydrogen) atoms. The number of benzene rings is 6. The summed E-state index contributed by atoms with van der Waals surface area (Å²) in [6.07, 6.45) is 8.04. The largest absolute Gasteiger partial charge is 0.327 e. The van der Waals surface area contributed by atoms with E-state index < -0.39 is 5.54 Å². The van der Waals surface area contributed by atoms with Crippen LogP contribution in [-0.4, -0.2) is 0 Å². The van der Waals surface area contributed by atoms with Gasteiger partial charge in [0.05, 0.1) is 5.54 Å². The molecule has 0 N–H and O–H groups in total. The predicted molar refractivity (Wildman–Crippen MR) is 261 cm³/mol. The van der Waals surface area contributed by atoms with E-state index in [2.05, 4.69) is 263 Å². The van der Waals surface area contributed by atoms with Crippen molar-refractivity contribution in [2.24, 2.45) is 0 Å². The maximum absolute atomic E-state index is 2.56. The average molecular weight is 791 g/mol. The minimum atomic E-state index is -0.452. The van der Waals surface area contributed by atoms with Crippen molar-refractivity contribution in [2.75, 3.05) is 9.80 Å². The van der Waals surface area contributed by atoms with Gasteiger partial charge in [0.1, 0.15) is 0 Å². The van der Waals surface area contributed by atoms with Gasteiger partial charge in [0.25, 0.3) is 0 Å². The van der Waals surface area contributed by atoms with E-state index >= 15 is 0 Å². The fourth-order valence-corrected chi connectivity index (χ4v) is 8.38. The number of nitrogens with zero attached hydrogens (tertiary/aromatic N) is 2. The third-order valence-electron chi connectivity index (χ3n) is 12.3. The van der Waals surface area contributed by atoms with Crippen molar-refractivity contribution in [1.29, 1.82) is 0 Å². The quantitative estimate of drug-likeness (QED) is 0.152. The first-order valence-electron chi connectivity index (χ1n) is 21.8. The van der Waals surface area contributed by atoms with Gasteiger partial charge in [-0.3, -0.25) is 0 Å². The maximum Gasteiger partial charge on any atom is 0.0923 e. The fourth-order valence-electron chi connectivity index (χ4n) is 8.38. The molecule has 7 rings (SSSR count). The second kappa shape index (κ2) is 16.1. The van der Waals surface area contributed by atoms with Crippen LogP contribution in [0.5, 0.6) is 0 Å². The van der Waals surface area contributed by atoms with E-state index in [9.17, 15) is 0 Å². The van der Waals surface area contributed by atoms with Crippen molar-refractivity contribution in [3.05, 3.63) is 203 Å². The zero-order valence-electron chi connectivity index (χ0n) is 38.3. The summed E-state index contributed by atoms with van der Waals surface area (Å²) in [6.45, 7) is 27.3. The van der Waals surface area contributed by atoms with Crippen LogP contribution in [-0.2, 0) is 27.2 Å². The lowest BCUT2D eigenvalue weighted by atomic mass is 9.78. The zero-order valence-corrected chi connectivity index (χ0v) is 38.3. The van der Waals surface area contributed by atoms with Crippen molar-refractivity contribution < 1.29 is 0 Å². The monoisotopic (exact) mass is 791 g/mol. The number of rotatable bonds is 8. The molecule has 2 heteroatoms. The van der Waals surface area contributed by atoms with Crippen LogP contribution in [0.25, 0.3) is 5.57 Å². The lowest BCUT2D eigenvalue weighted by Gasteiger charge is -2.45. The van der Waals surface area contributed by atoms with Gasteiger partial charge in [-0.15, -0.1) is 0 Å². The fraction of sp³-hybridized carbons (Fsp3) is 0.310. The third-order valence-corrected chi connectivity index (χ3v) is 12.3. The molecule has 2 nitrogen and oxygen atoms in total. The van der Waals surface area contributed by atoms with Crippen LogP contribution >= 0.6 is 0 Å². The van der Waals surface area contributed by atoms with Crippen LogP contribution in [0.4, 0.5) is 28.4 Å². The summed E-state index contributed by atoms with van der Waals surface area (Å²) in [4.78, 5) is 4.93. The van der Waals surface area contributed by atoms with E-state index in [0.29, 0.717) is 0 Å². The highest BCUT2D eigenvalue weighted by Gasteiger charge is 2.39. The summed E-state index contributed by atoms with van der Waals surface area (Å²) in [7, 11) is 0. The summed E-state index contributed by atoms with van der Waals surface area (Å²) >= 11 is 0. The van der Waals surface area contributed by atoms with Gasteiger partial charge >= 0.3 is 0 Å². The van der Waals surface area contributed by atoms with Crippen LogP contribution < -0.4 is 9.80 Å². The molecular formula is C58H66N2. The molecule has 6 aromatic rings. The van der Waals surface area contributed by atoms with E-state index in [4.69, 9.17) is 0 Å². The molecule has 6 aromatic carbocycles. The second-order valence-electron chi connectivity index (χ2n) is 20.9. The highest BCUT2D eigenvalue weighted by Crippen LogP contribution is 2.47. The van der Waals surface area contributed by atoms with E-state index in [-0.39, 0.29) is 21.7 Å². The molecule has 0 aromatic heterocycles. The van der Waals surface area contributed by atoms with Crippen LogP contribution in [0, 0.1) is 0 Å². The first-order chi connectivity index (χ1) is 28.2. The Morgan fingerprint density at radius 1 is 0.383 bits per heavy atom. The third kappa shape index (κ3) is 8.95. The van der Waals surface area contributed by atoms with Crippen molar-refractivity contribution in [2.45, 2.75) is 117 Å². The maximum atomic E-state index is 2.56. The number of hydrogen-bond acceptors (Lipinski definition) is 2. The molecule has 1 aliphatic carbocycles. The Balaban J connectivity index is 1.27. The molecule has 308 valence electrons. The van der Waals surface area contributed by atoms with Crippen molar-refractivity contribution in [3.63, 3.8) is 0 Å². The molecule has 0 aliphatic heterocycles. The molecule has 0 spiro atoms. The molecule has 0 saturated carbocycles. The number of anilines is 5. The minimum absolute atomic E-state index is 0.0670. The lowest BCUT2D eigenvalue weighted by molar-refractivity contribution is 0.547. The zero-order chi connectivity index (χ0) is 43.1. The van der Waals surface area contributed by atoms with E-state index in [1.54, 1.807) is 0 Å². The highest BCUT2D eigenvalue weighted by atomic mass is 15.2. The van der Waals surface area contributed by atoms with Gasteiger partial charge in [0, 0.05) is 28.4 Å². The lowest BCUT2D eigenvalue weighted by Crippen LogP contribution is -2.42. The van der Waals surface area contributed by atoms with Crippen molar-refractivity contribution in [3.8, 4) is 0 Å². The van der Waals surface area contributed by atoms with Crippen LogP contribution in [0.3, 0.4) is 0 Å². The molecule has 0 radical (unpaired) electrons. The normalized spacial score (nSPS) is 16.0. The number of allylic oxidation sites excluding steroid dienone is 2. The molecule has 1 atom stereocenters. The van der Waals surface area contributed by atoms with Crippen LogP contribution in [0.2, 0.25) is 0 Å². The molecule has 1 unspecified atom stereocenters. The summed E-state index contributed by atoms with van der Waals surface area (Å²) < 4.78 is 0. The van der Waals surface area contributed by atoms with Crippen LogP contribution in [0.15, 0.2) is 170 Å². The Bertz CT molecular complexity index is 2310. The van der Waals surface area contributed by atoms with E-state index in [1.165, 1.54) is 50.3 Å². The Labute approximate surface area is 362 Å². The SMILES string of the molecule is CC(C)(C)c1ccc(N(c2ccc(C3=CCC(c4ccccc4)(N(c4ccc(C(C)(C)C)cc4)c4ccc(C(C)(C)C)cc4)C=C3)cc2)c2ccc(C(C)(C)C)cc2)cc1. The van der Waals surface area contributed by atoms with Crippen molar-refractivity contribution >= 4 is 34.0 Å². The second-order valence-corrected chi connectivity index (χ2v) is 20.9. The first kappa shape index (κ1) is 42.5. The first-order valence-corrected chi connectivity index (χ1v) is 21.8. The van der Waals surface area contributed by atoms with E-state index in [1.807, 2.05) is 0 Å². The van der Waals surface area contributed by atoms with Gasteiger partial charge in [-0.1, -0.05) is 192 Å². The molecule has 0 fully saturated rings. The standard InChI is InChI=1S/C58H66N2/c1-54(2,3)44-20-30-50(31-21-44)59(51-32-22-45(23-33-51)55(4,5)6)49-28-18-42(19-29-49)43-38-40-58(41-39-43,48-16-14-13-15-17-48)60(52-34-24-46(25-35-52)56(7,8)9)53-36-26-47(27-37-53)57(10,11)12/h13-40H,41H2,1-12H3. The minimum Gasteiger partial charge on any atom is -0.327 e. The van der Waals surface area contributed by atoms with E-state index in [0.717, 1.165) is 23.5 Å². The van der Waals surface area contributed by atoms with Gasteiger partial charge in [0.2, 0.25) is 0 Å². The Morgan fingerprint density at radius 2 is 0.717 bits per heavy atom. The predicted octanol–water partition coefficient (Wildman–Crippen LogP) is 16.4. The highest BCUT2D eigenvalue weighted by molar-refractivity contribution is 5.82.